The molecule has 158 valence electrons. The Bertz CT molecular complexity index is 871. The Morgan fingerprint density at radius 3 is 2.23 bits per heavy atom. The van der Waals surface area contributed by atoms with Crippen LogP contribution >= 0.6 is 11.8 Å². The topological polar surface area (TPSA) is 35.6 Å². The SMILES string of the molecule is C#CCN1CCN(c2ccc(NC(=O)CSc3ccc(C(C)(C)C)cc3)cc2)CC1. The van der Waals surface area contributed by atoms with E-state index in [-0.39, 0.29) is 11.3 Å². The lowest BCUT2D eigenvalue weighted by molar-refractivity contribution is -0.113. The highest BCUT2D eigenvalue weighted by Crippen LogP contribution is 2.26. The molecule has 0 unspecified atom stereocenters. The predicted octanol–water partition coefficient (Wildman–Crippen LogP) is 4.47. The molecule has 2 aromatic carbocycles. The van der Waals surface area contributed by atoms with Crippen molar-refractivity contribution in [3.63, 3.8) is 0 Å². The van der Waals surface area contributed by atoms with Crippen molar-refractivity contribution in [3.05, 3.63) is 54.1 Å². The molecule has 3 rings (SSSR count). The highest BCUT2D eigenvalue weighted by molar-refractivity contribution is 8.00. The maximum absolute atomic E-state index is 12.3. The molecule has 0 saturated carbocycles. The lowest BCUT2D eigenvalue weighted by Crippen LogP contribution is -2.46. The zero-order valence-corrected chi connectivity index (χ0v) is 19.0. The molecule has 1 heterocycles. The minimum atomic E-state index is 0.00977. The number of nitrogens with one attached hydrogen (secondary N) is 1. The number of thioether (sulfide) groups is 1. The summed E-state index contributed by atoms with van der Waals surface area (Å²) in [6.07, 6.45) is 5.40. The van der Waals surface area contributed by atoms with Gasteiger partial charge in [-0.3, -0.25) is 9.69 Å². The first-order chi connectivity index (χ1) is 14.3. The summed E-state index contributed by atoms with van der Waals surface area (Å²) in [5.74, 6) is 3.12. The number of carbonyl (C=O) groups is 1. The van der Waals surface area contributed by atoms with Crippen LogP contribution in [0, 0.1) is 12.3 Å². The molecule has 1 saturated heterocycles. The number of hydrogen-bond acceptors (Lipinski definition) is 4. The van der Waals surface area contributed by atoms with E-state index in [0.29, 0.717) is 5.75 Å². The fourth-order valence-electron chi connectivity index (χ4n) is 3.45. The summed E-state index contributed by atoms with van der Waals surface area (Å²) in [5, 5.41) is 2.99. The smallest absolute Gasteiger partial charge is 0.234 e. The highest BCUT2D eigenvalue weighted by atomic mass is 32.2. The zero-order valence-electron chi connectivity index (χ0n) is 18.1. The summed E-state index contributed by atoms with van der Waals surface area (Å²) in [4.78, 5) is 18.1. The van der Waals surface area contributed by atoms with Crippen LogP contribution in [0.5, 0.6) is 0 Å². The van der Waals surface area contributed by atoms with Crippen LogP contribution in [0.3, 0.4) is 0 Å². The van der Waals surface area contributed by atoms with Crippen LogP contribution in [0.1, 0.15) is 26.3 Å². The molecule has 0 radical (unpaired) electrons. The predicted molar refractivity (Wildman–Crippen MR) is 128 cm³/mol. The molecule has 0 spiro atoms. The van der Waals surface area contributed by atoms with Gasteiger partial charge in [0.25, 0.3) is 0 Å². The van der Waals surface area contributed by atoms with Crippen molar-refractivity contribution in [2.75, 3.05) is 48.7 Å². The van der Waals surface area contributed by atoms with Crippen molar-refractivity contribution in [1.82, 2.24) is 4.90 Å². The fraction of sp³-hybridized carbons (Fsp3) is 0.400. The quantitative estimate of drug-likeness (QED) is 0.551. The second kappa shape index (κ2) is 10.1. The van der Waals surface area contributed by atoms with Gasteiger partial charge in [-0.15, -0.1) is 18.2 Å². The summed E-state index contributed by atoms with van der Waals surface area (Å²) < 4.78 is 0. The molecule has 1 amide bonds. The molecule has 1 N–H and O–H groups in total. The average molecular weight is 422 g/mol. The summed E-state index contributed by atoms with van der Waals surface area (Å²) >= 11 is 1.56. The Hall–Kier alpha value is -2.42. The van der Waals surface area contributed by atoms with Crippen molar-refractivity contribution >= 4 is 29.0 Å². The van der Waals surface area contributed by atoms with E-state index in [4.69, 9.17) is 6.42 Å². The summed E-state index contributed by atoms with van der Waals surface area (Å²) in [6, 6.07) is 16.6. The van der Waals surface area contributed by atoms with E-state index < -0.39 is 0 Å². The van der Waals surface area contributed by atoms with Crippen molar-refractivity contribution in [3.8, 4) is 12.3 Å². The standard InChI is InChI=1S/C25H31N3OS/c1-5-14-27-15-17-28(18-16-27)22-10-8-21(9-11-22)26-24(29)19-30-23-12-6-20(7-13-23)25(2,3)4/h1,6-13H,14-19H2,2-4H3,(H,26,29). The van der Waals surface area contributed by atoms with Crippen molar-refractivity contribution in [2.24, 2.45) is 0 Å². The van der Waals surface area contributed by atoms with Gasteiger partial charge in [-0.25, -0.2) is 0 Å². The zero-order chi connectivity index (χ0) is 21.6. The number of benzene rings is 2. The molecular formula is C25H31N3OS. The van der Waals surface area contributed by atoms with Crippen LogP contribution in [0.15, 0.2) is 53.4 Å². The summed E-state index contributed by atoms with van der Waals surface area (Å²) in [6.45, 7) is 11.2. The number of nitrogens with zero attached hydrogens (tertiary/aromatic N) is 2. The minimum Gasteiger partial charge on any atom is -0.369 e. The number of amides is 1. The van der Waals surface area contributed by atoms with Crippen LogP contribution in [-0.4, -0.2) is 49.3 Å². The number of piperazine rings is 1. The van der Waals surface area contributed by atoms with Crippen molar-refractivity contribution < 1.29 is 4.79 Å². The highest BCUT2D eigenvalue weighted by Gasteiger charge is 2.16. The van der Waals surface area contributed by atoms with Gasteiger partial charge < -0.3 is 10.2 Å². The van der Waals surface area contributed by atoms with Crippen LogP contribution in [0.2, 0.25) is 0 Å². The molecule has 0 aromatic heterocycles. The number of hydrogen-bond donors (Lipinski definition) is 1. The average Bonchev–Trinajstić information content (AvgIpc) is 2.73. The Kier molecular flexibility index (Phi) is 7.47. The molecule has 0 bridgehead atoms. The van der Waals surface area contributed by atoms with Gasteiger partial charge >= 0.3 is 0 Å². The minimum absolute atomic E-state index is 0.00977. The third-order valence-corrected chi connectivity index (χ3v) is 6.31. The number of terminal acetylenes is 1. The molecule has 0 atom stereocenters. The van der Waals surface area contributed by atoms with Gasteiger partial charge in [0, 0.05) is 42.4 Å². The van der Waals surface area contributed by atoms with Crippen LogP contribution in [0.25, 0.3) is 0 Å². The molecule has 30 heavy (non-hydrogen) atoms. The second-order valence-electron chi connectivity index (χ2n) is 8.63. The van der Waals surface area contributed by atoms with Gasteiger partial charge in [-0.05, 0) is 47.4 Å². The van der Waals surface area contributed by atoms with E-state index in [2.05, 4.69) is 78.2 Å². The van der Waals surface area contributed by atoms with E-state index in [1.807, 2.05) is 12.1 Å². The summed E-state index contributed by atoms with van der Waals surface area (Å²) in [5.41, 5.74) is 3.45. The third-order valence-electron chi connectivity index (χ3n) is 5.29. The van der Waals surface area contributed by atoms with E-state index in [0.717, 1.165) is 43.3 Å². The molecule has 2 aromatic rings. The molecule has 1 aliphatic heterocycles. The summed E-state index contributed by atoms with van der Waals surface area (Å²) in [7, 11) is 0. The van der Waals surface area contributed by atoms with Crippen LogP contribution < -0.4 is 10.2 Å². The first-order valence-electron chi connectivity index (χ1n) is 10.4. The largest absolute Gasteiger partial charge is 0.369 e. The number of rotatable bonds is 6. The van der Waals surface area contributed by atoms with Gasteiger partial charge in [-0.2, -0.15) is 0 Å². The van der Waals surface area contributed by atoms with Gasteiger partial charge in [0.05, 0.1) is 12.3 Å². The fourth-order valence-corrected chi connectivity index (χ4v) is 4.14. The molecule has 4 nitrogen and oxygen atoms in total. The van der Waals surface area contributed by atoms with E-state index >= 15 is 0 Å². The van der Waals surface area contributed by atoms with E-state index in [9.17, 15) is 4.79 Å². The van der Waals surface area contributed by atoms with Gasteiger partial charge in [0.1, 0.15) is 0 Å². The van der Waals surface area contributed by atoms with Gasteiger partial charge in [-0.1, -0.05) is 38.8 Å². The Morgan fingerprint density at radius 1 is 1.03 bits per heavy atom. The lowest BCUT2D eigenvalue weighted by atomic mass is 9.87. The van der Waals surface area contributed by atoms with E-state index in [1.165, 1.54) is 11.3 Å². The molecule has 5 heteroatoms. The van der Waals surface area contributed by atoms with Crippen molar-refractivity contribution in [1.29, 1.82) is 0 Å². The maximum Gasteiger partial charge on any atom is 0.234 e. The Morgan fingerprint density at radius 2 is 1.67 bits per heavy atom. The monoisotopic (exact) mass is 421 g/mol. The Balaban J connectivity index is 1.46. The van der Waals surface area contributed by atoms with Crippen molar-refractivity contribution in [2.45, 2.75) is 31.1 Å². The molecular weight excluding hydrogens is 390 g/mol. The molecule has 0 aliphatic carbocycles. The number of anilines is 2. The van der Waals surface area contributed by atoms with Gasteiger partial charge in [0.2, 0.25) is 5.91 Å². The van der Waals surface area contributed by atoms with Crippen LogP contribution in [-0.2, 0) is 10.2 Å². The maximum atomic E-state index is 12.3. The molecule has 1 fully saturated rings. The molecule has 1 aliphatic rings. The third kappa shape index (κ3) is 6.29. The second-order valence-corrected chi connectivity index (χ2v) is 9.67. The lowest BCUT2D eigenvalue weighted by Gasteiger charge is -2.35. The Labute approximate surface area is 185 Å². The van der Waals surface area contributed by atoms with Gasteiger partial charge in [0.15, 0.2) is 0 Å². The number of carbonyl (C=O) groups excluding carboxylic acids is 1. The first-order valence-corrected chi connectivity index (χ1v) is 11.4. The first kappa shape index (κ1) is 22.3. The van der Waals surface area contributed by atoms with E-state index in [1.54, 1.807) is 11.8 Å². The normalized spacial score (nSPS) is 14.9. The van der Waals surface area contributed by atoms with Crippen LogP contribution in [0.4, 0.5) is 11.4 Å².